The first-order valence-corrected chi connectivity index (χ1v) is 12.9. The number of carbonyl (C=O) groups excluding carboxylic acids is 2. The van der Waals surface area contributed by atoms with E-state index in [-0.39, 0.29) is 11.9 Å². The van der Waals surface area contributed by atoms with Gasteiger partial charge in [-0.3, -0.25) is 9.59 Å². The Morgan fingerprint density at radius 1 is 0.567 bits per heavy atom. The molecule has 0 N–H and O–H groups in total. The van der Waals surface area contributed by atoms with Gasteiger partial charge in [-0.25, -0.2) is 0 Å². The quantitative estimate of drug-likeness (QED) is 0.131. The van der Waals surface area contributed by atoms with Gasteiger partial charge in [0.25, 0.3) is 0 Å². The van der Waals surface area contributed by atoms with Crippen LogP contribution in [0.1, 0.15) is 136 Å². The van der Waals surface area contributed by atoms with E-state index in [1.54, 1.807) is 0 Å². The summed E-state index contributed by atoms with van der Waals surface area (Å²) in [6, 6.07) is 0. The highest BCUT2D eigenvalue weighted by Crippen LogP contribution is 2.12. The molecule has 0 aliphatic carbocycles. The Labute approximate surface area is 186 Å². The van der Waals surface area contributed by atoms with Gasteiger partial charge in [-0.2, -0.15) is 0 Å². The zero-order valence-electron chi connectivity index (χ0n) is 20.4. The van der Waals surface area contributed by atoms with Gasteiger partial charge in [0.05, 0.1) is 13.2 Å². The van der Waals surface area contributed by atoms with E-state index in [9.17, 15) is 9.59 Å². The van der Waals surface area contributed by atoms with Crippen molar-refractivity contribution in [2.24, 2.45) is 5.92 Å². The van der Waals surface area contributed by atoms with Gasteiger partial charge < -0.3 is 9.47 Å². The predicted molar refractivity (Wildman–Crippen MR) is 126 cm³/mol. The third kappa shape index (κ3) is 23.2. The van der Waals surface area contributed by atoms with Gasteiger partial charge in [-0.1, -0.05) is 97.8 Å². The van der Waals surface area contributed by atoms with E-state index in [0.717, 1.165) is 25.7 Å². The lowest BCUT2D eigenvalue weighted by Gasteiger charge is -2.07. The van der Waals surface area contributed by atoms with Crippen LogP contribution in [0.2, 0.25) is 0 Å². The zero-order chi connectivity index (χ0) is 22.3. The molecule has 30 heavy (non-hydrogen) atoms. The Bertz CT molecular complexity index is 392. The van der Waals surface area contributed by atoms with Crippen molar-refractivity contribution < 1.29 is 19.1 Å². The first-order valence-electron chi connectivity index (χ1n) is 12.9. The molecule has 0 bridgehead atoms. The highest BCUT2D eigenvalue weighted by molar-refractivity contribution is 5.72. The second-order valence-electron chi connectivity index (χ2n) is 9.07. The van der Waals surface area contributed by atoms with Gasteiger partial charge >= 0.3 is 11.9 Å². The summed E-state index contributed by atoms with van der Waals surface area (Å²) >= 11 is 0. The third-order valence-electron chi connectivity index (χ3n) is 5.46. The Hall–Kier alpha value is -1.06. The molecule has 0 radical (unpaired) electrons. The van der Waals surface area contributed by atoms with E-state index >= 15 is 0 Å². The average Bonchev–Trinajstić information content (AvgIpc) is 2.71. The molecule has 0 aliphatic rings. The molecule has 0 atom stereocenters. The summed E-state index contributed by atoms with van der Waals surface area (Å²) in [4.78, 5) is 23.3. The number of ether oxygens (including phenoxy) is 2. The van der Waals surface area contributed by atoms with E-state index in [4.69, 9.17) is 9.47 Å². The lowest BCUT2D eigenvalue weighted by molar-refractivity contribution is -0.145. The molecule has 0 aromatic carbocycles. The molecule has 0 aromatic heterocycles. The van der Waals surface area contributed by atoms with Gasteiger partial charge in [0.15, 0.2) is 0 Å². The van der Waals surface area contributed by atoms with Crippen molar-refractivity contribution in [2.45, 2.75) is 136 Å². The lowest BCUT2D eigenvalue weighted by Crippen LogP contribution is -2.09. The van der Waals surface area contributed by atoms with Crippen LogP contribution in [-0.2, 0) is 19.1 Å². The molecular weight excluding hydrogens is 376 g/mol. The van der Waals surface area contributed by atoms with Gasteiger partial charge in [0, 0.05) is 12.8 Å². The summed E-state index contributed by atoms with van der Waals surface area (Å²) in [5.74, 6) is 0.234. The van der Waals surface area contributed by atoms with Crippen LogP contribution in [0.3, 0.4) is 0 Å². The predicted octanol–water partition coefficient (Wildman–Crippen LogP) is 7.77. The maximum absolute atomic E-state index is 11.7. The first-order chi connectivity index (χ1) is 14.6. The molecule has 0 rings (SSSR count). The minimum Gasteiger partial charge on any atom is -0.466 e. The number of carbonyl (C=O) groups is 2. The van der Waals surface area contributed by atoms with Crippen molar-refractivity contribution in [3.8, 4) is 0 Å². The average molecular weight is 427 g/mol. The van der Waals surface area contributed by atoms with Gasteiger partial charge in [-0.05, 0) is 31.6 Å². The Balaban J connectivity index is 3.27. The van der Waals surface area contributed by atoms with E-state index < -0.39 is 0 Å². The van der Waals surface area contributed by atoms with Crippen molar-refractivity contribution in [3.05, 3.63) is 0 Å². The minimum atomic E-state index is -0.206. The van der Waals surface area contributed by atoms with Crippen molar-refractivity contribution in [3.63, 3.8) is 0 Å². The van der Waals surface area contributed by atoms with Crippen LogP contribution in [0.25, 0.3) is 0 Å². The molecule has 0 spiro atoms. The molecule has 0 heterocycles. The van der Waals surface area contributed by atoms with Crippen molar-refractivity contribution in [1.29, 1.82) is 0 Å². The molecule has 0 unspecified atom stereocenters. The van der Waals surface area contributed by atoms with Crippen LogP contribution in [0.15, 0.2) is 0 Å². The Morgan fingerprint density at radius 2 is 0.967 bits per heavy atom. The van der Waals surface area contributed by atoms with Crippen LogP contribution < -0.4 is 0 Å². The normalized spacial score (nSPS) is 11.1. The summed E-state index contributed by atoms with van der Waals surface area (Å²) in [5.41, 5.74) is 0. The van der Waals surface area contributed by atoms with E-state index in [1.165, 1.54) is 70.6 Å². The van der Waals surface area contributed by atoms with Crippen LogP contribution in [0.4, 0.5) is 0 Å². The largest absolute Gasteiger partial charge is 0.466 e. The van der Waals surface area contributed by atoms with Crippen LogP contribution in [0.5, 0.6) is 0 Å². The summed E-state index contributed by atoms with van der Waals surface area (Å²) < 4.78 is 10.4. The zero-order valence-corrected chi connectivity index (χ0v) is 20.4. The lowest BCUT2D eigenvalue weighted by atomic mass is 10.0. The van der Waals surface area contributed by atoms with Gasteiger partial charge in [-0.15, -0.1) is 0 Å². The summed E-state index contributed by atoms with van der Waals surface area (Å²) in [5, 5.41) is 0. The van der Waals surface area contributed by atoms with Crippen LogP contribution >= 0.6 is 0 Å². The van der Waals surface area contributed by atoms with Gasteiger partial charge in [0.1, 0.15) is 0 Å². The highest BCUT2D eigenvalue weighted by atomic mass is 16.5. The fourth-order valence-corrected chi connectivity index (χ4v) is 3.50. The third-order valence-corrected chi connectivity index (χ3v) is 5.46. The molecule has 0 saturated carbocycles. The van der Waals surface area contributed by atoms with Crippen LogP contribution in [-0.4, -0.2) is 25.2 Å². The topological polar surface area (TPSA) is 52.6 Å². The van der Waals surface area contributed by atoms with E-state index in [0.29, 0.717) is 38.4 Å². The van der Waals surface area contributed by atoms with E-state index in [1.807, 2.05) is 0 Å². The summed E-state index contributed by atoms with van der Waals surface area (Å²) in [6.07, 6.45) is 20.1. The van der Waals surface area contributed by atoms with E-state index in [2.05, 4.69) is 20.8 Å². The van der Waals surface area contributed by atoms with Crippen molar-refractivity contribution in [2.75, 3.05) is 13.2 Å². The standard InChI is InChI=1S/C26H50O4/c1-4-5-6-7-8-9-10-11-12-13-14-15-16-22-29-25(27)20-17-21-26(28)30-23-18-19-24(2)3/h24H,4-23H2,1-3H3. The first kappa shape index (κ1) is 28.9. The monoisotopic (exact) mass is 426 g/mol. The number of rotatable bonds is 22. The molecule has 0 saturated heterocycles. The number of unbranched alkanes of at least 4 members (excludes halogenated alkanes) is 12. The second-order valence-corrected chi connectivity index (χ2v) is 9.07. The van der Waals surface area contributed by atoms with Crippen molar-refractivity contribution in [1.82, 2.24) is 0 Å². The molecule has 0 aromatic rings. The highest BCUT2D eigenvalue weighted by Gasteiger charge is 2.07. The number of hydrogen-bond donors (Lipinski definition) is 0. The molecular formula is C26H50O4. The maximum atomic E-state index is 11.7. The fraction of sp³-hybridized carbons (Fsp3) is 0.923. The maximum Gasteiger partial charge on any atom is 0.305 e. The smallest absolute Gasteiger partial charge is 0.305 e. The summed E-state index contributed by atoms with van der Waals surface area (Å²) in [7, 11) is 0. The molecule has 0 aliphatic heterocycles. The van der Waals surface area contributed by atoms with Gasteiger partial charge in [0.2, 0.25) is 0 Å². The summed E-state index contributed by atoms with van der Waals surface area (Å²) in [6.45, 7) is 7.58. The molecule has 4 nitrogen and oxygen atoms in total. The number of hydrogen-bond acceptors (Lipinski definition) is 4. The molecule has 0 amide bonds. The minimum absolute atomic E-state index is 0.193. The molecule has 178 valence electrons. The SMILES string of the molecule is CCCCCCCCCCCCCCCOC(=O)CCCC(=O)OCCCC(C)C. The second kappa shape index (κ2) is 22.6. The molecule has 0 fully saturated rings. The Kier molecular flexibility index (Phi) is 21.8. The fourth-order valence-electron chi connectivity index (χ4n) is 3.50. The Morgan fingerprint density at radius 3 is 1.40 bits per heavy atom. The number of esters is 2. The molecule has 4 heteroatoms. The van der Waals surface area contributed by atoms with Crippen molar-refractivity contribution >= 4 is 11.9 Å². The van der Waals surface area contributed by atoms with Crippen LogP contribution in [0, 0.1) is 5.92 Å².